The van der Waals surface area contributed by atoms with Crippen molar-refractivity contribution >= 4 is 34.7 Å². The van der Waals surface area contributed by atoms with Gasteiger partial charge in [-0.1, -0.05) is 56.5 Å². The molecule has 0 saturated heterocycles. The smallest absolute Gasteiger partial charge is 0.247 e. The van der Waals surface area contributed by atoms with Crippen molar-refractivity contribution in [2.75, 3.05) is 21.8 Å². The van der Waals surface area contributed by atoms with Crippen LogP contribution >= 0.6 is 0 Å². The molecule has 1 amide bonds. The van der Waals surface area contributed by atoms with Gasteiger partial charge in [0.25, 0.3) is 0 Å². The molecule has 3 rings (SSSR count). The highest BCUT2D eigenvalue weighted by Gasteiger charge is 2.20. The Morgan fingerprint density at radius 1 is 1.09 bits per heavy atom. The third-order valence-corrected chi connectivity index (χ3v) is 4.89. The second-order valence-corrected chi connectivity index (χ2v) is 7.17. The van der Waals surface area contributed by atoms with Gasteiger partial charge in [0.2, 0.25) is 5.91 Å². The molecule has 0 heterocycles. The van der Waals surface area contributed by atoms with Crippen LogP contribution in [0, 0.1) is 0 Å². The largest absolute Gasteiger partial charge is 0.507 e. The van der Waals surface area contributed by atoms with Gasteiger partial charge in [-0.05, 0) is 54.5 Å². The summed E-state index contributed by atoms with van der Waals surface area (Å²) in [6.07, 6.45) is 3.49. The molecule has 3 aromatic carbocycles. The van der Waals surface area contributed by atoms with Crippen LogP contribution in [0.1, 0.15) is 30.5 Å². The molecule has 0 bridgehead atoms. The number of benzene rings is 3. The van der Waals surface area contributed by atoms with Crippen molar-refractivity contribution in [1.82, 2.24) is 0 Å². The van der Waals surface area contributed by atoms with Crippen LogP contribution in [0.3, 0.4) is 0 Å². The first-order valence-corrected chi connectivity index (χ1v) is 10.4. The normalized spacial score (nSPS) is 10.8. The van der Waals surface area contributed by atoms with Crippen molar-refractivity contribution in [1.29, 1.82) is 0 Å². The Balaban J connectivity index is 0.000000357. The third-order valence-electron chi connectivity index (χ3n) is 4.89. The van der Waals surface area contributed by atoms with Crippen LogP contribution in [0.5, 0.6) is 5.75 Å². The molecule has 7 N–H and O–H groups in total. The number of amides is 1. The van der Waals surface area contributed by atoms with Gasteiger partial charge in [0.1, 0.15) is 5.75 Å². The van der Waals surface area contributed by atoms with Gasteiger partial charge in [0.05, 0.1) is 17.4 Å². The number of carbonyl (C=O) groups is 1. The summed E-state index contributed by atoms with van der Waals surface area (Å²) in [7, 11) is 0. The molecule has 3 aromatic rings. The first-order chi connectivity index (χ1) is 15.8. The zero-order valence-electron chi connectivity index (χ0n) is 18.6. The summed E-state index contributed by atoms with van der Waals surface area (Å²) in [6, 6.07) is 19.0. The number of nitrogens with one attached hydrogen (secondary N) is 1. The number of nitrogen functional groups attached to an aromatic ring is 2. The van der Waals surface area contributed by atoms with Gasteiger partial charge in [-0.2, -0.15) is 0 Å². The summed E-state index contributed by atoms with van der Waals surface area (Å²) in [4.78, 5) is 11.3. The number of hydrogen-bond donors (Lipinski definition) is 5. The summed E-state index contributed by atoms with van der Waals surface area (Å²) >= 11 is 0. The molecule has 0 aliphatic carbocycles. The van der Waals surface area contributed by atoms with Gasteiger partial charge in [-0.3, -0.25) is 10.0 Å². The molecule has 0 radical (unpaired) electrons. The molecule has 0 fully saturated rings. The number of carbonyl (C=O) groups excluding carboxylic acids is 1. The topological polar surface area (TPSA) is 125 Å². The number of phenolic OH excluding ortho intramolecular Hbond substituents is 1. The van der Waals surface area contributed by atoms with E-state index in [0.29, 0.717) is 29.2 Å². The van der Waals surface area contributed by atoms with Crippen molar-refractivity contribution < 1.29 is 15.1 Å². The van der Waals surface area contributed by atoms with Gasteiger partial charge in [-0.25, -0.2) is 5.06 Å². The molecule has 172 valence electrons. The third kappa shape index (κ3) is 6.88. The summed E-state index contributed by atoms with van der Waals surface area (Å²) in [5.74, 6) is 0.0126. The average molecular weight is 447 g/mol. The SMILES string of the molecule is C=CC(=O)Nc1ccc(C(CC)N(O)c2cc(N)ccc2N)cc1.C=Cc1ccccc1O. The summed E-state index contributed by atoms with van der Waals surface area (Å²) in [6.45, 7) is 8.91. The molecule has 0 aromatic heterocycles. The van der Waals surface area contributed by atoms with Crippen LogP contribution in [0.2, 0.25) is 0 Å². The molecular weight excluding hydrogens is 416 g/mol. The number of para-hydroxylation sites is 1. The van der Waals surface area contributed by atoms with Crippen molar-refractivity contribution in [2.24, 2.45) is 0 Å². The average Bonchev–Trinajstić information content (AvgIpc) is 2.82. The van der Waals surface area contributed by atoms with Gasteiger partial charge < -0.3 is 21.9 Å². The minimum Gasteiger partial charge on any atom is -0.507 e. The fraction of sp³-hybridized carbons (Fsp3) is 0.115. The van der Waals surface area contributed by atoms with Gasteiger partial charge in [0, 0.05) is 16.9 Å². The quantitative estimate of drug-likeness (QED) is 0.189. The Morgan fingerprint density at radius 2 is 1.76 bits per heavy atom. The van der Waals surface area contributed by atoms with Crippen molar-refractivity contribution in [3.05, 3.63) is 97.1 Å². The zero-order valence-corrected chi connectivity index (χ0v) is 18.6. The number of phenols is 1. The molecule has 33 heavy (non-hydrogen) atoms. The van der Waals surface area contributed by atoms with E-state index in [1.165, 1.54) is 6.08 Å². The van der Waals surface area contributed by atoms with E-state index in [9.17, 15) is 10.0 Å². The molecule has 0 aliphatic rings. The van der Waals surface area contributed by atoms with E-state index in [1.807, 2.05) is 31.2 Å². The maximum Gasteiger partial charge on any atom is 0.247 e. The lowest BCUT2D eigenvalue weighted by Crippen LogP contribution is -2.25. The predicted molar refractivity (Wildman–Crippen MR) is 136 cm³/mol. The number of anilines is 4. The highest BCUT2D eigenvalue weighted by Crippen LogP contribution is 2.33. The van der Waals surface area contributed by atoms with E-state index >= 15 is 0 Å². The zero-order chi connectivity index (χ0) is 24.4. The first-order valence-electron chi connectivity index (χ1n) is 10.4. The lowest BCUT2D eigenvalue weighted by Gasteiger charge is -2.28. The van der Waals surface area contributed by atoms with Crippen molar-refractivity contribution in [2.45, 2.75) is 19.4 Å². The number of hydroxylamine groups is 1. The van der Waals surface area contributed by atoms with E-state index in [2.05, 4.69) is 18.5 Å². The molecule has 7 nitrogen and oxygen atoms in total. The van der Waals surface area contributed by atoms with Crippen molar-refractivity contribution in [3.63, 3.8) is 0 Å². The summed E-state index contributed by atoms with van der Waals surface area (Å²) in [5, 5.41) is 23.5. The lowest BCUT2D eigenvalue weighted by atomic mass is 10.0. The maximum absolute atomic E-state index is 11.3. The fourth-order valence-corrected chi connectivity index (χ4v) is 3.12. The number of nitrogens with zero attached hydrogens (tertiary/aromatic N) is 1. The standard InChI is InChI=1S/C18H22N4O2.C8H8O/c1-3-16(22(24)17-11-13(19)7-10-15(17)20)12-5-8-14(9-6-12)21-18(23)4-2;1-2-7-5-3-4-6-8(7)9/h4-11,16,24H,2-3,19-20H2,1H3,(H,21,23);2-6,9H,1H2. The summed E-state index contributed by atoms with van der Waals surface area (Å²) < 4.78 is 0. The van der Waals surface area contributed by atoms with E-state index < -0.39 is 0 Å². The first kappa shape index (κ1) is 25.0. The van der Waals surface area contributed by atoms with Gasteiger partial charge in [0.15, 0.2) is 0 Å². The van der Waals surface area contributed by atoms with E-state index in [4.69, 9.17) is 16.6 Å². The predicted octanol–water partition coefficient (Wildman–Crippen LogP) is 5.36. The Labute approximate surface area is 194 Å². The second-order valence-electron chi connectivity index (χ2n) is 7.17. The Bertz CT molecular complexity index is 1100. The molecule has 0 saturated carbocycles. The second kappa shape index (κ2) is 12.0. The Kier molecular flexibility index (Phi) is 9.08. The minimum absolute atomic E-state index is 0.272. The number of nitrogens with two attached hydrogens (primary N) is 2. The Hall–Kier alpha value is -4.23. The van der Waals surface area contributed by atoms with E-state index in [1.54, 1.807) is 48.5 Å². The van der Waals surface area contributed by atoms with E-state index in [0.717, 1.165) is 16.2 Å². The van der Waals surface area contributed by atoms with Gasteiger partial charge >= 0.3 is 0 Å². The lowest BCUT2D eigenvalue weighted by molar-refractivity contribution is -0.111. The summed E-state index contributed by atoms with van der Waals surface area (Å²) in [5.41, 5.74) is 15.5. The highest BCUT2D eigenvalue weighted by atomic mass is 16.5. The highest BCUT2D eigenvalue weighted by molar-refractivity contribution is 5.98. The molecule has 7 heteroatoms. The number of rotatable bonds is 7. The fourth-order valence-electron chi connectivity index (χ4n) is 3.12. The van der Waals surface area contributed by atoms with E-state index in [-0.39, 0.29) is 17.7 Å². The Morgan fingerprint density at radius 3 is 2.30 bits per heavy atom. The minimum atomic E-state index is -0.293. The molecule has 1 unspecified atom stereocenters. The van der Waals surface area contributed by atoms with Crippen LogP contribution in [-0.2, 0) is 4.79 Å². The number of hydrogen-bond acceptors (Lipinski definition) is 6. The monoisotopic (exact) mass is 446 g/mol. The van der Waals surface area contributed by atoms with Crippen LogP contribution in [0.25, 0.3) is 6.08 Å². The van der Waals surface area contributed by atoms with Gasteiger partial charge in [-0.15, -0.1) is 0 Å². The molecule has 0 aliphatic heterocycles. The van der Waals surface area contributed by atoms with Crippen LogP contribution in [0.4, 0.5) is 22.7 Å². The van der Waals surface area contributed by atoms with Crippen LogP contribution < -0.4 is 21.8 Å². The van der Waals surface area contributed by atoms with Crippen LogP contribution in [-0.4, -0.2) is 16.2 Å². The van der Waals surface area contributed by atoms with Crippen LogP contribution in [0.15, 0.2) is 86.0 Å². The molecular formula is C26H30N4O3. The molecule has 0 spiro atoms. The maximum atomic E-state index is 11.3. The molecule has 1 atom stereocenters. The van der Waals surface area contributed by atoms with Crippen molar-refractivity contribution in [3.8, 4) is 5.75 Å². The number of aromatic hydroxyl groups is 1.